The maximum absolute atomic E-state index is 6.48. The van der Waals surface area contributed by atoms with Crippen molar-refractivity contribution in [3.63, 3.8) is 0 Å². The van der Waals surface area contributed by atoms with Gasteiger partial charge in [0, 0.05) is 6.04 Å². The van der Waals surface area contributed by atoms with E-state index in [9.17, 15) is 0 Å². The van der Waals surface area contributed by atoms with E-state index in [1.165, 1.54) is 30.4 Å². The summed E-state index contributed by atoms with van der Waals surface area (Å²) in [5, 5.41) is 0. The molecule has 1 saturated carbocycles. The lowest BCUT2D eigenvalue weighted by molar-refractivity contribution is 0.112. The van der Waals surface area contributed by atoms with Gasteiger partial charge in [-0.05, 0) is 55.1 Å². The van der Waals surface area contributed by atoms with E-state index in [1.54, 1.807) is 7.11 Å². The monoisotopic (exact) mass is 289 g/mol. The Morgan fingerprint density at radius 3 is 2.62 bits per heavy atom. The zero-order valence-corrected chi connectivity index (χ0v) is 14.3. The molecule has 21 heavy (non-hydrogen) atoms. The Morgan fingerprint density at radius 2 is 2.00 bits per heavy atom. The minimum Gasteiger partial charge on any atom is -0.496 e. The van der Waals surface area contributed by atoms with Crippen molar-refractivity contribution >= 4 is 0 Å². The maximum atomic E-state index is 6.48. The van der Waals surface area contributed by atoms with Crippen molar-refractivity contribution < 1.29 is 4.74 Å². The fraction of sp³-hybridized carbons (Fsp3) is 0.684. The average molecular weight is 289 g/mol. The van der Waals surface area contributed by atoms with Gasteiger partial charge in [0.15, 0.2) is 0 Å². The third kappa shape index (κ3) is 3.79. The Kier molecular flexibility index (Phi) is 4.98. The maximum Gasteiger partial charge on any atom is 0.122 e. The Morgan fingerprint density at radius 1 is 1.29 bits per heavy atom. The minimum atomic E-state index is 0.209. The highest BCUT2D eigenvalue weighted by Crippen LogP contribution is 2.42. The molecule has 0 saturated heterocycles. The number of hydrogen-bond donors (Lipinski definition) is 1. The van der Waals surface area contributed by atoms with Gasteiger partial charge in [-0.2, -0.15) is 0 Å². The summed E-state index contributed by atoms with van der Waals surface area (Å²) in [6.45, 7) is 9.21. The molecule has 1 aliphatic carbocycles. The van der Waals surface area contributed by atoms with Crippen LogP contribution in [-0.2, 0) is 6.42 Å². The second-order valence-electron chi connectivity index (χ2n) is 7.67. The third-order valence-electron chi connectivity index (χ3n) is 5.25. The van der Waals surface area contributed by atoms with Crippen LogP contribution in [0.2, 0.25) is 0 Å². The van der Waals surface area contributed by atoms with Gasteiger partial charge in [0.05, 0.1) is 7.11 Å². The summed E-state index contributed by atoms with van der Waals surface area (Å²) in [6.07, 6.45) is 4.76. The molecule has 0 aliphatic heterocycles. The van der Waals surface area contributed by atoms with Crippen LogP contribution in [0, 0.1) is 24.2 Å². The molecular weight excluding hydrogens is 258 g/mol. The molecule has 3 atom stereocenters. The van der Waals surface area contributed by atoms with Crippen LogP contribution in [0.25, 0.3) is 0 Å². The van der Waals surface area contributed by atoms with Gasteiger partial charge >= 0.3 is 0 Å². The fourth-order valence-corrected chi connectivity index (χ4v) is 4.06. The number of aryl methyl sites for hydroxylation is 1. The first-order chi connectivity index (χ1) is 9.83. The Balaban J connectivity index is 2.19. The molecule has 0 spiro atoms. The van der Waals surface area contributed by atoms with Gasteiger partial charge in [0.1, 0.15) is 5.75 Å². The molecule has 2 N–H and O–H groups in total. The highest BCUT2D eigenvalue weighted by atomic mass is 16.5. The van der Waals surface area contributed by atoms with Gasteiger partial charge in [-0.1, -0.05) is 44.9 Å². The van der Waals surface area contributed by atoms with E-state index in [-0.39, 0.29) is 5.41 Å². The first-order valence-corrected chi connectivity index (χ1v) is 8.22. The number of hydrogen-bond acceptors (Lipinski definition) is 2. The zero-order chi connectivity index (χ0) is 15.6. The van der Waals surface area contributed by atoms with Crippen molar-refractivity contribution in [3.05, 3.63) is 29.3 Å². The molecule has 3 unspecified atom stereocenters. The van der Waals surface area contributed by atoms with Crippen molar-refractivity contribution in [1.82, 2.24) is 0 Å². The van der Waals surface area contributed by atoms with Crippen LogP contribution in [-0.4, -0.2) is 13.2 Å². The van der Waals surface area contributed by atoms with E-state index in [0.717, 1.165) is 18.1 Å². The molecule has 0 heterocycles. The van der Waals surface area contributed by atoms with Crippen LogP contribution in [0.4, 0.5) is 0 Å². The molecule has 1 aromatic rings. The number of methoxy groups -OCH3 is 1. The van der Waals surface area contributed by atoms with Crippen LogP contribution < -0.4 is 10.5 Å². The molecule has 2 rings (SSSR count). The Labute approximate surface area is 130 Å². The predicted octanol–water partition coefficient (Wildman–Crippen LogP) is 4.34. The largest absolute Gasteiger partial charge is 0.496 e. The van der Waals surface area contributed by atoms with Gasteiger partial charge in [0.25, 0.3) is 0 Å². The molecule has 0 radical (unpaired) electrons. The van der Waals surface area contributed by atoms with E-state index in [4.69, 9.17) is 10.5 Å². The number of benzene rings is 1. The molecule has 0 amide bonds. The van der Waals surface area contributed by atoms with Gasteiger partial charge in [-0.15, -0.1) is 0 Å². The first-order valence-electron chi connectivity index (χ1n) is 8.22. The van der Waals surface area contributed by atoms with Gasteiger partial charge in [-0.25, -0.2) is 0 Å². The van der Waals surface area contributed by atoms with E-state index >= 15 is 0 Å². The van der Waals surface area contributed by atoms with Crippen LogP contribution in [0.1, 0.15) is 51.2 Å². The standard InChI is InChI=1S/C19H31NO/c1-13-7-9-18(21-5)15(10-13)12-19(3,4)16-8-6-14(2)11-17(16)20/h7,9-10,14,16-17H,6,8,11-12,20H2,1-5H3. The van der Waals surface area contributed by atoms with Crippen LogP contribution in [0.3, 0.4) is 0 Å². The Hall–Kier alpha value is -1.02. The molecular formula is C19H31NO. The molecule has 0 aromatic heterocycles. The van der Waals surface area contributed by atoms with Crippen molar-refractivity contribution in [2.24, 2.45) is 23.0 Å². The van der Waals surface area contributed by atoms with E-state index in [0.29, 0.717) is 12.0 Å². The Bertz CT molecular complexity index is 480. The zero-order valence-electron chi connectivity index (χ0n) is 14.3. The number of rotatable bonds is 4. The van der Waals surface area contributed by atoms with Crippen LogP contribution in [0.5, 0.6) is 5.75 Å². The van der Waals surface area contributed by atoms with Gasteiger partial charge < -0.3 is 10.5 Å². The number of nitrogens with two attached hydrogens (primary N) is 1. The third-order valence-corrected chi connectivity index (χ3v) is 5.25. The van der Waals surface area contributed by atoms with Crippen molar-refractivity contribution in [2.75, 3.05) is 7.11 Å². The topological polar surface area (TPSA) is 35.2 Å². The summed E-state index contributed by atoms with van der Waals surface area (Å²) >= 11 is 0. The van der Waals surface area contributed by atoms with Crippen molar-refractivity contribution in [1.29, 1.82) is 0 Å². The lowest BCUT2D eigenvalue weighted by Gasteiger charge is -2.43. The highest BCUT2D eigenvalue weighted by molar-refractivity contribution is 5.37. The normalized spacial score (nSPS) is 26.7. The summed E-state index contributed by atoms with van der Waals surface area (Å²) < 4.78 is 5.55. The average Bonchev–Trinajstić information content (AvgIpc) is 2.37. The molecule has 0 bridgehead atoms. The predicted molar refractivity (Wildman–Crippen MR) is 89.7 cm³/mol. The van der Waals surface area contributed by atoms with Crippen LogP contribution >= 0.6 is 0 Å². The fourth-order valence-electron chi connectivity index (χ4n) is 4.06. The molecule has 2 nitrogen and oxygen atoms in total. The van der Waals surface area contributed by atoms with Gasteiger partial charge in [-0.3, -0.25) is 0 Å². The first kappa shape index (κ1) is 16.4. The lowest BCUT2D eigenvalue weighted by atomic mass is 9.64. The molecule has 118 valence electrons. The van der Waals surface area contributed by atoms with Gasteiger partial charge in [0.2, 0.25) is 0 Å². The SMILES string of the molecule is COc1ccc(C)cc1CC(C)(C)C1CCC(C)CC1N. The molecule has 1 aromatic carbocycles. The molecule has 2 heteroatoms. The van der Waals surface area contributed by atoms with E-state index in [1.807, 2.05) is 0 Å². The van der Waals surface area contributed by atoms with Crippen molar-refractivity contribution in [3.8, 4) is 5.75 Å². The highest BCUT2D eigenvalue weighted by Gasteiger charge is 2.37. The summed E-state index contributed by atoms with van der Waals surface area (Å²) in [7, 11) is 1.76. The summed E-state index contributed by atoms with van der Waals surface area (Å²) in [6, 6.07) is 6.80. The van der Waals surface area contributed by atoms with E-state index in [2.05, 4.69) is 45.9 Å². The smallest absolute Gasteiger partial charge is 0.122 e. The minimum absolute atomic E-state index is 0.209. The summed E-state index contributed by atoms with van der Waals surface area (Å²) in [4.78, 5) is 0. The molecule has 1 fully saturated rings. The quantitative estimate of drug-likeness (QED) is 0.895. The summed E-state index contributed by atoms with van der Waals surface area (Å²) in [5.74, 6) is 2.38. The van der Waals surface area contributed by atoms with Crippen LogP contribution in [0.15, 0.2) is 18.2 Å². The van der Waals surface area contributed by atoms with E-state index < -0.39 is 0 Å². The number of ether oxygens (including phenoxy) is 1. The second kappa shape index (κ2) is 6.39. The second-order valence-corrected chi connectivity index (χ2v) is 7.67. The molecule has 1 aliphatic rings. The summed E-state index contributed by atoms with van der Waals surface area (Å²) in [5.41, 5.74) is 9.30. The lowest BCUT2D eigenvalue weighted by Crippen LogP contribution is -2.44. The van der Waals surface area contributed by atoms with Crippen molar-refractivity contribution in [2.45, 2.75) is 59.4 Å².